The van der Waals surface area contributed by atoms with Gasteiger partial charge in [-0.05, 0) is 60.6 Å². The van der Waals surface area contributed by atoms with Crippen molar-refractivity contribution in [3.8, 4) is 0 Å². The zero-order chi connectivity index (χ0) is 14.9. The Morgan fingerprint density at radius 3 is 2.55 bits per heavy atom. The van der Waals surface area contributed by atoms with Gasteiger partial charge >= 0.3 is 0 Å². The number of rotatable bonds is 4. The first-order chi connectivity index (χ1) is 9.45. The van der Waals surface area contributed by atoms with E-state index in [-0.39, 0.29) is 17.9 Å². The summed E-state index contributed by atoms with van der Waals surface area (Å²) in [4.78, 5) is 0. The molecule has 0 spiro atoms. The maximum atomic E-state index is 13.6. The van der Waals surface area contributed by atoms with Crippen LogP contribution in [0.1, 0.15) is 37.2 Å². The van der Waals surface area contributed by atoms with E-state index in [1.807, 2.05) is 11.7 Å². The Balaban J connectivity index is 2.58. The van der Waals surface area contributed by atoms with Crippen molar-refractivity contribution >= 4 is 31.9 Å². The van der Waals surface area contributed by atoms with Crippen LogP contribution in [0.3, 0.4) is 0 Å². The first-order valence-electron chi connectivity index (χ1n) is 6.30. The van der Waals surface area contributed by atoms with E-state index in [2.05, 4.69) is 56.1 Å². The number of hydrogen-bond donors (Lipinski definition) is 1. The second-order valence-corrected chi connectivity index (χ2v) is 6.51. The largest absolute Gasteiger partial charge is 0.308 e. The van der Waals surface area contributed by atoms with Crippen LogP contribution in [0, 0.1) is 5.82 Å². The molecule has 1 heterocycles. The second kappa shape index (κ2) is 6.37. The van der Waals surface area contributed by atoms with Gasteiger partial charge in [-0.25, -0.2) is 4.39 Å². The first kappa shape index (κ1) is 15.7. The molecule has 1 aromatic carbocycles. The number of aromatic nitrogens is 2. The fourth-order valence-corrected chi connectivity index (χ4v) is 3.19. The van der Waals surface area contributed by atoms with Crippen LogP contribution in [0.2, 0.25) is 0 Å². The second-order valence-electron chi connectivity index (χ2n) is 4.80. The summed E-state index contributed by atoms with van der Waals surface area (Å²) in [6.45, 7) is 4.13. The number of nitrogens with zero attached hydrogens (tertiary/aromatic N) is 2. The van der Waals surface area contributed by atoms with Crippen molar-refractivity contribution in [3.05, 3.63) is 50.4 Å². The molecule has 0 saturated carbocycles. The zero-order valence-electron chi connectivity index (χ0n) is 11.5. The van der Waals surface area contributed by atoms with E-state index < -0.39 is 0 Å². The molecule has 6 heteroatoms. The van der Waals surface area contributed by atoms with Crippen LogP contribution < -0.4 is 5.32 Å². The molecular weight excluding hydrogens is 389 g/mol. The SMILES string of the molecule is CNC(c1cc(F)ccc1Br)c1c(Br)cnn1C(C)C. The van der Waals surface area contributed by atoms with Gasteiger partial charge in [0, 0.05) is 10.5 Å². The first-order valence-corrected chi connectivity index (χ1v) is 7.89. The van der Waals surface area contributed by atoms with Crippen LogP contribution in [-0.2, 0) is 0 Å². The summed E-state index contributed by atoms with van der Waals surface area (Å²) in [5.41, 5.74) is 1.82. The summed E-state index contributed by atoms with van der Waals surface area (Å²) < 4.78 is 17.3. The molecule has 1 N–H and O–H groups in total. The lowest BCUT2D eigenvalue weighted by Gasteiger charge is -2.22. The normalized spacial score (nSPS) is 12.9. The standard InChI is InChI=1S/C14H16Br2FN3/c1-8(2)20-14(12(16)7-19-20)13(18-3)10-6-9(17)4-5-11(10)15/h4-8,13,18H,1-3H3. The molecule has 1 atom stereocenters. The van der Waals surface area contributed by atoms with Gasteiger partial charge in [0.25, 0.3) is 0 Å². The van der Waals surface area contributed by atoms with Crippen molar-refractivity contribution in [1.29, 1.82) is 0 Å². The van der Waals surface area contributed by atoms with Gasteiger partial charge in [-0.1, -0.05) is 15.9 Å². The Hall–Kier alpha value is -0.720. The van der Waals surface area contributed by atoms with E-state index in [0.29, 0.717) is 0 Å². The fourth-order valence-electron chi connectivity index (χ4n) is 2.21. The maximum absolute atomic E-state index is 13.6. The minimum absolute atomic E-state index is 0.153. The third kappa shape index (κ3) is 2.97. The molecule has 0 saturated heterocycles. The zero-order valence-corrected chi connectivity index (χ0v) is 14.7. The summed E-state index contributed by atoms with van der Waals surface area (Å²) in [6.07, 6.45) is 1.77. The molecule has 0 aliphatic carbocycles. The Labute approximate surface area is 134 Å². The molecular formula is C14H16Br2FN3. The average molecular weight is 405 g/mol. The van der Waals surface area contributed by atoms with Gasteiger partial charge in [0.2, 0.25) is 0 Å². The van der Waals surface area contributed by atoms with Crippen molar-refractivity contribution in [1.82, 2.24) is 15.1 Å². The minimum Gasteiger partial charge on any atom is -0.308 e. The van der Waals surface area contributed by atoms with E-state index >= 15 is 0 Å². The average Bonchev–Trinajstić information content (AvgIpc) is 2.77. The predicted molar refractivity (Wildman–Crippen MR) is 85.3 cm³/mol. The lowest BCUT2D eigenvalue weighted by molar-refractivity contribution is 0.482. The summed E-state index contributed by atoms with van der Waals surface area (Å²) in [5, 5.41) is 7.62. The summed E-state index contributed by atoms with van der Waals surface area (Å²) >= 11 is 7.03. The maximum Gasteiger partial charge on any atom is 0.123 e. The van der Waals surface area contributed by atoms with Crippen LogP contribution in [0.5, 0.6) is 0 Å². The highest BCUT2D eigenvalue weighted by atomic mass is 79.9. The van der Waals surface area contributed by atoms with Gasteiger partial charge < -0.3 is 5.32 Å². The van der Waals surface area contributed by atoms with Crippen LogP contribution in [-0.4, -0.2) is 16.8 Å². The smallest absolute Gasteiger partial charge is 0.123 e. The topological polar surface area (TPSA) is 29.9 Å². The Morgan fingerprint density at radius 2 is 1.95 bits per heavy atom. The number of nitrogens with one attached hydrogen (secondary N) is 1. The molecule has 0 aliphatic rings. The number of benzene rings is 1. The molecule has 0 bridgehead atoms. The van der Waals surface area contributed by atoms with Crippen molar-refractivity contribution in [2.24, 2.45) is 0 Å². The summed E-state index contributed by atoms with van der Waals surface area (Å²) in [7, 11) is 1.85. The van der Waals surface area contributed by atoms with E-state index in [0.717, 1.165) is 20.2 Å². The molecule has 0 amide bonds. The lowest BCUT2D eigenvalue weighted by Crippen LogP contribution is -2.23. The van der Waals surface area contributed by atoms with Gasteiger partial charge in [0.15, 0.2) is 0 Å². The summed E-state index contributed by atoms with van der Waals surface area (Å²) in [6, 6.07) is 4.77. The van der Waals surface area contributed by atoms with Crippen molar-refractivity contribution in [2.75, 3.05) is 7.05 Å². The molecule has 1 unspecified atom stereocenters. The predicted octanol–water partition coefficient (Wildman–Crippen LogP) is 4.44. The quantitative estimate of drug-likeness (QED) is 0.816. The highest BCUT2D eigenvalue weighted by Gasteiger charge is 2.23. The molecule has 0 radical (unpaired) electrons. The van der Waals surface area contributed by atoms with Gasteiger partial charge in [-0.3, -0.25) is 4.68 Å². The van der Waals surface area contributed by atoms with Crippen molar-refractivity contribution in [3.63, 3.8) is 0 Å². The van der Waals surface area contributed by atoms with Crippen molar-refractivity contribution in [2.45, 2.75) is 25.9 Å². The molecule has 108 valence electrons. The van der Waals surface area contributed by atoms with E-state index in [1.54, 1.807) is 12.3 Å². The van der Waals surface area contributed by atoms with E-state index in [9.17, 15) is 4.39 Å². The van der Waals surface area contributed by atoms with Gasteiger partial charge in [0.1, 0.15) is 5.82 Å². The molecule has 0 aliphatic heterocycles. The van der Waals surface area contributed by atoms with Gasteiger partial charge in [-0.2, -0.15) is 5.10 Å². The van der Waals surface area contributed by atoms with E-state index in [1.165, 1.54) is 12.1 Å². The highest BCUT2D eigenvalue weighted by molar-refractivity contribution is 9.10. The Morgan fingerprint density at radius 1 is 1.25 bits per heavy atom. The number of hydrogen-bond acceptors (Lipinski definition) is 2. The molecule has 0 fully saturated rings. The van der Waals surface area contributed by atoms with Crippen LogP contribution >= 0.6 is 31.9 Å². The molecule has 2 rings (SSSR count). The lowest BCUT2D eigenvalue weighted by atomic mass is 10.0. The third-order valence-electron chi connectivity index (χ3n) is 3.11. The van der Waals surface area contributed by atoms with Crippen LogP contribution in [0.25, 0.3) is 0 Å². The van der Waals surface area contributed by atoms with Gasteiger partial charge in [0.05, 0.1) is 22.4 Å². The minimum atomic E-state index is -0.254. The monoisotopic (exact) mass is 403 g/mol. The molecule has 20 heavy (non-hydrogen) atoms. The highest BCUT2D eigenvalue weighted by Crippen LogP contribution is 2.34. The van der Waals surface area contributed by atoms with Crippen LogP contribution in [0.15, 0.2) is 33.3 Å². The Bertz CT molecular complexity index is 610. The summed E-state index contributed by atoms with van der Waals surface area (Å²) in [5.74, 6) is -0.254. The molecule has 3 nitrogen and oxygen atoms in total. The fraction of sp³-hybridized carbons (Fsp3) is 0.357. The molecule has 1 aromatic heterocycles. The van der Waals surface area contributed by atoms with E-state index in [4.69, 9.17) is 0 Å². The van der Waals surface area contributed by atoms with Gasteiger partial charge in [-0.15, -0.1) is 0 Å². The third-order valence-corrected chi connectivity index (χ3v) is 4.44. The Kier molecular flexibility index (Phi) is 4.99. The molecule has 2 aromatic rings. The van der Waals surface area contributed by atoms with Crippen molar-refractivity contribution < 1.29 is 4.39 Å². The van der Waals surface area contributed by atoms with Crippen LogP contribution in [0.4, 0.5) is 4.39 Å². The number of halogens is 3.